The summed E-state index contributed by atoms with van der Waals surface area (Å²) in [6.07, 6.45) is 2.47. The lowest BCUT2D eigenvalue weighted by Gasteiger charge is -2.26. The molecule has 0 bridgehead atoms. The Labute approximate surface area is 111 Å². The van der Waals surface area contributed by atoms with Gasteiger partial charge in [-0.25, -0.2) is 21.9 Å². The van der Waals surface area contributed by atoms with E-state index in [1.54, 1.807) is 0 Å². The van der Waals surface area contributed by atoms with E-state index >= 15 is 0 Å². The first-order valence-electron chi connectivity index (χ1n) is 6.09. The van der Waals surface area contributed by atoms with Crippen LogP contribution in [0.3, 0.4) is 0 Å². The fourth-order valence-electron chi connectivity index (χ4n) is 1.93. The molecule has 7 heteroatoms. The molecule has 1 aliphatic rings. The van der Waals surface area contributed by atoms with E-state index in [0.29, 0.717) is 0 Å². The van der Waals surface area contributed by atoms with Gasteiger partial charge in [0.15, 0.2) is 5.82 Å². The quantitative estimate of drug-likeness (QED) is 0.864. The molecule has 1 aromatic carbocycles. The SMILES string of the molecule is CNCc1c(F)ccc(S(=O)(=O)NC2CCC2)c1F. The topological polar surface area (TPSA) is 58.2 Å². The van der Waals surface area contributed by atoms with Crippen LogP contribution in [-0.2, 0) is 16.6 Å². The summed E-state index contributed by atoms with van der Waals surface area (Å²) in [5, 5.41) is 2.61. The maximum atomic E-state index is 14.1. The Kier molecular flexibility index (Phi) is 4.17. The van der Waals surface area contributed by atoms with Crippen molar-refractivity contribution < 1.29 is 17.2 Å². The molecule has 0 saturated heterocycles. The van der Waals surface area contributed by atoms with E-state index < -0.39 is 26.6 Å². The molecule has 1 aromatic rings. The molecule has 0 radical (unpaired) electrons. The molecule has 19 heavy (non-hydrogen) atoms. The first kappa shape index (κ1) is 14.4. The third kappa shape index (κ3) is 2.93. The van der Waals surface area contributed by atoms with Crippen LogP contribution in [0.15, 0.2) is 17.0 Å². The monoisotopic (exact) mass is 290 g/mol. The molecular formula is C12H16F2N2O2S. The molecule has 0 aromatic heterocycles. The van der Waals surface area contributed by atoms with Crippen molar-refractivity contribution in [2.75, 3.05) is 7.05 Å². The fourth-order valence-corrected chi connectivity index (χ4v) is 3.34. The van der Waals surface area contributed by atoms with Gasteiger partial charge in [-0.15, -0.1) is 0 Å². The molecule has 2 rings (SSSR count). The van der Waals surface area contributed by atoms with Crippen LogP contribution in [0.25, 0.3) is 0 Å². The van der Waals surface area contributed by atoms with Gasteiger partial charge in [-0.3, -0.25) is 0 Å². The second-order valence-electron chi connectivity index (χ2n) is 4.62. The highest BCUT2D eigenvalue weighted by molar-refractivity contribution is 7.89. The van der Waals surface area contributed by atoms with E-state index in [1.165, 1.54) is 7.05 Å². The zero-order valence-electron chi connectivity index (χ0n) is 10.5. The van der Waals surface area contributed by atoms with E-state index in [4.69, 9.17) is 0 Å². The predicted octanol–water partition coefficient (Wildman–Crippen LogP) is 1.51. The van der Waals surface area contributed by atoms with Crippen molar-refractivity contribution >= 4 is 10.0 Å². The number of sulfonamides is 1. The molecule has 0 unspecified atom stereocenters. The lowest BCUT2D eigenvalue weighted by Crippen LogP contribution is -2.39. The minimum absolute atomic E-state index is 0.0650. The van der Waals surface area contributed by atoms with Crippen LogP contribution in [-0.4, -0.2) is 21.5 Å². The van der Waals surface area contributed by atoms with E-state index in [1.807, 2.05) is 0 Å². The Morgan fingerprint density at radius 2 is 2.00 bits per heavy atom. The highest BCUT2D eigenvalue weighted by atomic mass is 32.2. The Morgan fingerprint density at radius 3 is 2.53 bits per heavy atom. The molecule has 0 amide bonds. The van der Waals surface area contributed by atoms with Gasteiger partial charge < -0.3 is 5.32 Å². The van der Waals surface area contributed by atoms with Gasteiger partial charge in [-0.2, -0.15) is 0 Å². The van der Waals surface area contributed by atoms with Crippen molar-refractivity contribution in [2.45, 2.75) is 36.7 Å². The Balaban J connectivity index is 2.35. The van der Waals surface area contributed by atoms with Crippen molar-refractivity contribution in [2.24, 2.45) is 0 Å². The first-order chi connectivity index (χ1) is 8.95. The van der Waals surface area contributed by atoms with Crippen molar-refractivity contribution in [1.29, 1.82) is 0 Å². The summed E-state index contributed by atoms with van der Waals surface area (Å²) in [5.41, 5.74) is -0.265. The highest BCUT2D eigenvalue weighted by Crippen LogP contribution is 2.24. The number of hydrogen-bond acceptors (Lipinski definition) is 3. The zero-order valence-corrected chi connectivity index (χ0v) is 11.4. The van der Waals surface area contributed by atoms with Gasteiger partial charge in [0.05, 0.1) is 0 Å². The fraction of sp³-hybridized carbons (Fsp3) is 0.500. The van der Waals surface area contributed by atoms with Crippen LogP contribution < -0.4 is 10.0 Å². The molecule has 0 aliphatic heterocycles. The number of benzene rings is 1. The Morgan fingerprint density at radius 1 is 1.32 bits per heavy atom. The molecule has 1 saturated carbocycles. The molecule has 1 aliphatic carbocycles. The van der Waals surface area contributed by atoms with Crippen LogP contribution in [0, 0.1) is 11.6 Å². The molecule has 106 valence electrons. The Bertz CT molecular complexity index is 571. The molecular weight excluding hydrogens is 274 g/mol. The lowest BCUT2D eigenvalue weighted by molar-refractivity contribution is 0.382. The van der Waals surface area contributed by atoms with E-state index in [-0.39, 0.29) is 18.2 Å². The molecule has 0 atom stereocenters. The standard InChI is InChI=1S/C12H16F2N2O2S/c1-15-7-9-10(13)5-6-11(12(9)14)19(17,18)16-8-3-2-4-8/h5-6,8,15-16H,2-4,7H2,1H3. The van der Waals surface area contributed by atoms with Gasteiger partial charge in [0.1, 0.15) is 10.7 Å². The zero-order chi connectivity index (χ0) is 14.0. The summed E-state index contributed by atoms with van der Waals surface area (Å²) in [6.45, 7) is -0.0650. The summed E-state index contributed by atoms with van der Waals surface area (Å²) in [4.78, 5) is -0.494. The summed E-state index contributed by atoms with van der Waals surface area (Å²) in [6, 6.07) is 1.80. The van der Waals surface area contributed by atoms with Gasteiger partial charge in [0, 0.05) is 18.2 Å². The Hall–Kier alpha value is -1.05. The minimum atomic E-state index is -3.93. The summed E-state index contributed by atoms with van der Waals surface area (Å²) in [7, 11) is -2.39. The van der Waals surface area contributed by atoms with Gasteiger partial charge in [-0.05, 0) is 32.0 Å². The number of halogens is 2. The van der Waals surface area contributed by atoms with Gasteiger partial charge in [0.25, 0.3) is 0 Å². The molecule has 0 spiro atoms. The second kappa shape index (κ2) is 5.52. The third-order valence-electron chi connectivity index (χ3n) is 3.22. The average molecular weight is 290 g/mol. The van der Waals surface area contributed by atoms with Crippen LogP contribution in [0.2, 0.25) is 0 Å². The predicted molar refractivity (Wildman–Crippen MR) is 67.1 cm³/mol. The maximum absolute atomic E-state index is 14.1. The average Bonchev–Trinajstić information content (AvgIpc) is 2.29. The van der Waals surface area contributed by atoms with Gasteiger partial charge in [-0.1, -0.05) is 6.42 Å². The summed E-state index contributed by atoms with van der Waals surface area (Å²) < 4.78 is 54.0. The molecule has 4 nitrogen and oxygen atoms in total. The molecule has 0 heterocycles. The molecule has 2 N–H and O–H groups in total. The van der Waals surface area contributed by atoms with Crippen LogP contribution in [0.5, 0.6) is 0 Å². The van der Waals surface area contributed by atoms with Crippen molar-refractivity contribution in [3.05, 3.63) is 29.3 Å². The van der Waals surface area contributed by atoms with E-state index in [2.05, 4.69) is 10.0 Å². The second-order valence-corrected chi connectivity index (χ2v) is 6.30. The van der Waals surface area contributed by atoms with Crippen LogP contribution in [0.1, 0.15) is 24.8 Å². The molecule has 1 fully saturated rings. The largest absolute Gasteiger partial charge is 0.315 e. The van der Waals surface area contributed by atoms with Crippen LogP contribution in [0.4, 0.5) is 8.78 Å². The minimum Gasteiger partial charge on any atom is -0.315 e. The summed E-state index contributed by atoms with van der Waals surface area (Å²) >= 11 is 0. The number of hydrogen-bond donors (Lipinski definition) is 2. The highest BCUT2D eigenvalue weighted by Gasteiger charge is 2.28. The van der Waals surface area contributed by atoms with Gasteiger partial charge in [0.2, 0.25) is 10.0 Å². The normalized spacial score (nSPS) is 16.4. The maximum Gasteiger partial charge on any atom is 0.243 e. The van der Waals surface area contributed by atoms with Crippen molar-refractivity contribution in [1.82, 2.24) is 10.0 Å². The smallest absolute Gasteiger partial charge is 0.243 e. The van der Waals surface area contributed by atoms with Crippen molar-refractivity contribution in [3.8, 4) is 0 Å². The van der Waals surface area contributed by atoms with E-state index in [0.717, 1.165) is 31.4 Å². The third-order valence-corrected chi connectivity index (χ3v) is 4.76. The van der Waals surface area contributed by atoms with Gasteiger partial charge >= 0.3 is 0 Å². The number of nitrogens with one attached hydrogen (secondary N) is 2. The first-order valence-corrected chi connectivity index (χ1v) is 7.58. The van der Waals surface area contributed by atoms with Crippen LogP contribution >= 0.6 is 0 Å². The summed E-state index contributed by atoms with van der Waals surface area (Å²) in [5.74, 6) is -1.78. The number of rotatable bonds is 5. The lowest BCUT2D eigenvalue weighted by atomic mass is 9.94. The van der Waals surface area contributed by atoms with Crippen molar-refractivity contribution in [3.63, 3.8) is 0 Å². The van der Waals surface area contributed by atoms with E-state index in [9.17, 15) is 17.2 Å².